The molecule has 2 nitrogen and oxygen atoms in total. The largest absolute Gasteiger partial charge is 0.490 e. The molecule has 9 aliphatic rings. The summed E-state index contributed by atoms with van der Waals surface area (Å²) in [6, 6.07) is 2.81. The van der Waals surface area contributed by atoms with E-state index < -0.39 is 0 Å². The molecular formula is C31H42O2. The van der Waals surface area contributed by atoms with E-state index in [4.69, 9.17) is 9.47 Å². The van der Waals surface area contributed by atoms with Crippen LogP contribution in [-0.4, -0.2) is 19.3 Å². The van der Waals surface area contributed by atoms with Crippen molar-refractivity contribution < 1.29 is 9.47 Å². The Balaban J connectivity index is 1.27. The topological polar surface area (TPSA) is 21.8 Å². The van der Waals surface area contributed by atoms with E-state index in [-0.39, 0.29) is 0 Å². The maximum absolute atomic E-state index is 6.67. The van der Waals surface area contributed by atoms with Crippen molar-refractivity contribution in [2.45, 2.75) is 108 Å². The molecule has 2 heteroatoms. The van der Waals surface area contributed by atoms with Crippen molar-refractivity contribution in [1.82, 2.24) is 0 Å². The second kappa shape index (κ2) is 6.80. The Kier molecular flexibility index (Phi) is 4.16. The first-order valence-electron chi connectivity index (χ1n) is 14.4. The molecule has 0 amide bonds. The van der Waals surface area contributed by atoms with Gasteiger partial charge in [0.25, 0.3) is 0 Å². The summed E-state index contributed by atoms with van der Waals surface area (Å²) in [5.74, 6) is 7.19. The van der Waals surface area contributed by atoms with Gasteiger partial charge in [0.05, 0.1) is 6.61 Å². The minimum absolute atomic E-state index is 0.329. The number of benzene rings is 1. The van der Waals surface area contributed by atoms with Crippen LogP contribution >= 0.6 is 0 Å². The highest BCUT2D eigenvalue weighted by Gasteiger charge is 2.55. The molecule has 0 radical (unpaired) electrons. The SMILES string of the molecule is Cc1c(C23CC4CC(CC(C4)C2)C3)cc(C23CC4CC(CC(C4)C2)C3)c(C)c1OCC1CO1. The maximum Gasteiger partial charge on any atom is 0.125 e. The van der Waals surface area contributed by atoms with Gasteiger partial charge in [-0.3, -0.25) is 0 Å². The van der Waals surface area contributed by atoms with Gasteiger partial charge in [-0.2, -0.15) is 0 Å². The maximum atomic E-state index is 6.67. The number of epoxide rings is 1. The lowest BCUT2D eigenvalue weighted by atomic mass is 9.46. The third kappa shape index (κ3) is 3.01. The molecule has 1 aromatic carbocycles. The Morgan fingerprint density at radius 2 is 1.06 bits per heavy atom. The molecule has 0 spiro atoms. The zero-order valence-corrected chi connectivity index (χ0v) is 20.8. The van der Waals surface area contributed by atoms with E-state index in [1.807, 2.05) is 0 Å². The summed E-state index contributed by atoms with van der Waals surface area (Å²) in [6.45, 7) is 6.45. The van der Waals surface area contributed by atoms with Crippen LogP contribution in [0.3, 0.4) is 0 Å². The monoisotopic (exact) mass is 446 g/mol. The van der Waals surface area contributed by atoms with Crippen LogP contribution in [-0.2, 0) is 15.6 Å². The van der Waals surface area contributed by atoms with Gasteiger partial charge in [0.2, 0.25) is 0 Å². The highest BCUT2D eigenvalue weighted by atomic mass is 16.6. The Morgan fingerprint density at radius 3 is 1.39 bits per heavy atom. The Bertz CT molecular complexity index is 846. The van der Waals surface area contributed by atoms with Gasteiger partial charge in [0.15, 0.2) is 0 Å². The quantitative estimate of drug-likeness (QED) is 0.453. The van der Waals surface area contributed by atoms with Gasteiger partial charge >= 0.3 is 0 Å². The summed E-state index contributed by atoms with van der Waals surface area (Å²) in [7, 11) is 0. The van der Waals surface area contributed by atoms with Crippen LogP contribution in [0.2, 0.25) is 0 Å². The molecule has 8 saturated carbocycles. The highest BCUT2D eigenvalue weighted by molar-refractivity contribution is 5.56. The van der Waals surface area contributed by atoms with Crippen LogP contribution in [0, 0.1) is 49.4 Å². The van der Waals surface area contributed by atoms with Crippen LogP contribution < -0.4 is 4.74 Å². The molecule has 10 rings (SSSR count). The predicted octanol–water partition coefficient (Wildman–Crippen LogP) is 7.02. The van der Waals surface area contributed by atoms with Crippen LogP contribution in [0.15, 0.2) is 6.07 Å². The van der Waals surface area contributed by atoms with Crippen molar-refractivity contribution in [3.63, 3.8) is 0 Å². The first kappa shape index (κ1) is 20.2. The normalized spacial score (nSPS) is 48.5. The van der Waals surface area contributed by atoms with Crippen molar-refractivity contribution in [2.24, 2.45) is 35.5 Å². The molecular weight excluding hydrogens is 404 g/mol. The van der Waals surface area contributed by atoms with Gasteiger partial charge < -0.3 is 9.47 Å². The van der Waals surface area contributed by atoms with Crippen LogP contribution in [0.25, 0.3) is 0 Å². The fraction of sp³-hybridized carbons (Fsp3) is 0.806. The van der Waals surface area contributed by atoms with E-state index in [9.17, 15) is 0 Å². The molecule has 8 aliphatic carbocycles. The molecule has 33 heavy (non-hydrogen) atoms. The third-order valence-electron chi connectivity index (χ3n) is 11.8. The smallest absolute Gasteiger partial charge is 0.125 e. The van der Waals surface area contributed by atoms with Crippen LogP contribution in [0.1, 0.15) is 99.3 Å². The molecule has 178 valence electrons. The van der Waals surface area contributed by atoms with Crippen molar-refractivity contribution in [1.29, 1.82) is 0 Å². The molecule has 1 unspecified atom stereocenters. The zero-order chi connectivity index (χ0) is 21.9. The Morgan fingerprint density at radius 1 is 0.697 bits per heavy atom. The standard InChI is InChI=1S/C31H42O2/c1-18-27(30-10-20-3-21(11-30)5-22(4-20)12-30)9-28(19(2)29(18)33-17-26-16-32-26)31-13-23-6-24(14-31)8-25(7-23)15-31/h9,20-26H,3-8,10-17H2,1-2H3. The van der Waals surface area contributed by atoms with E-state index in [0.29, 0.717) is 16.9 Å². The lowest BCUT2D eigenvalue weighted by Crippen LogP contribution is -2.50. The summed E-state index contributed by atoms with van der Waals surface area (Å²) in [6.07, 6.45) is 18.2. The molecule has 1 aliphatic heterocycles. The minimum Gasteiger partial charge on any atom is -0.490 e. The van der Waals surface area contributed by atoms with Gasteiger partial charge in [0.1, 0.15) is 18.5 Å². The van der Waals surface area contributed by atoms with E-state index in [0.717, 1.165) is 48.7 Å². The third-order valence-corrected chi connectivity index (χ3v) is 11.8. The number of hydrogen-bond donors (Lipinski definition) is 0. The molecule has 1 atom stereocenters. The molecule has 0 N–H and O–H groups in total. The van der Waals surface area contributed by atoms with Gasteiger partial charge in [0, 0.05) is 0 Å². The van der Waals surface area contributed by atoms with E-state index in [1.165, 1.54) is 93.9 Å². The molecule has 1 saturated heterocycles. The number of hydrogen-bond acceptors (Lipinski definition) is 2. The lowest BCUT2D eigenvalue weighted by molar-refractivity contribution is -0.00895. The predicted molar refractivity (Wildman–Crippen MR) is 131 cm³/mol. The van der Waals surface area contributed by atoms with Gasteiger partial charge in [-0.05, 0) is 159 Å². The summed E-state index contributed by atoms with van der Waals surface area (Å²) < 4.78 is 12.2. The second-order valence-electron chi connectivity index (χ2n) is 14.2. The van der Waals surface area contributed by atoms with Crippen molar-refractivity contribution in [2.75, 3.05) is 13.2 Å². The lowest BCUT2D eigenvalue weighted by Gasteiger charge is -2.59. The number of rotatable bonds is 5. The van der Waals surface area contributed by atoms with Crippen molar-refractivity contribution in [3.8, 4) is 5.75 Å². The summed E-state index contributed by atoms with van der Waals surface area (Å²) >= 11 is 0. The summed E-state index contributed by atoms with van der Waals surface area (Å²) in [5.41, 5.74) is 7.32. The molecule has 8 bridgehead atoms. The summed E-state index contributed by atoms with van der Waals surface area (Å²) in [4.78, 5) is 0. The molecule has 1 aromatic rings. The van der Waals surface area contributed by atoms with Crippen LogP contribution in [0.4, 0.5) is 0 Å². The first-order chi connectivity index (χ1) is 16.0. The van der Waals surface area contributed by atoms with Gasteiger partial charge in [-0.15, -0.1) is 0 Å². The first-order valence-corrected chi connectivity index (χ1v) is 14.4. The Labute approximate surface area is 200 Å². The van der Waals surface area contributed by atoms with E-state index >= 15 is 0 Å². The van der Waals surface area contributed by atoms with E-state index in [1.54, 1.807) is 11.1 Å². The second-order valence-corrected chi connectivity index (χ2v) is 14.2. The average Bonchev–Trinajstić information content (AvgIpc) is 3.56. The molecule has 0 aromatic heterocycles. The molecule has 1 heterocycles. The van der Waals surface area contributed by atoms with Crippen molar-refractivity contribution in [3.05, 3.63) is 28.3 Å². The van der Waals surface area contributed by atoms with Gasteiger partial charge in [-0.25, -0.2) is 0 Å². The minimum atomic E-state index is 0.329. The number of ether oxygens (including phenoxy) is 2. The molecule has 9 fully saturated rings. The summed E-state index contributed by atoms with van der Waals surface area (Å²) in [5, 5.41) is 0. The zero-order valence-electron chi connectivity index (χ0n) is 20.8. The van der Waals surface area contributed by atoms with Crippen LogP contribution in [0.5, 0.6) is 5.75 Å². The van der Waals surface area contributed by atoms with Crippen molar-refractivity contribution >= 4 is 0 Å². The van der Waals surface area contributed by atoms with Gasteiger partial charge in [-0.1, -0.05) is 6.07 Å². The Hall–Kier alpha value is -1.02. The fourth-order valence-corrected chi connectivity index (χ4v) is 11.4. The highest BCUT2D eigenvalue weighted by Crippen LogP contribution is 2.64. The van der Waals surface area contributed by atoms with E-state index in [2.05, 4.69) is 19.9 Å². The fourth-order valence-electron chi connectivity index (χ4n) is 11.4. The average molecular weight is 447 g/mol.